The summed E-state index contributed by atoms with van der Waals surface area (Å²) in [5, 5.41) is 20.6. The number of alkyl halides is 1. The number of guanidine groups is 1. The maximum absolute atomic E-state index is 9.01. The Morgan fingerprint density at radius 1 is 0.971 bits per heavy atom. The SMILES string of the molecule is CC(C)C1CCCCC1C1NC(C)C2C(N1)N(CC1CCC(C3NC(Cl)CN3C)CC1)C(=N)N2C. The van der Waals surface area contributed by atoms with Crippen LogP contribution in [0.4, 0.5) is 0 Å². The van der Waals surface area contributed by atoms with E-state index in [1.165, 1.54) is 51.4 Å². The van der Waals surface area contributed by atoms with Crippen LogP contribution in [-0.4, -0.2) is 83.9 Å². The molecule has 0 aromatic carbocycles. The molecule has 3 heterocycles. The van der Waals surface area contributed by atoms with Crippen LogP contribution < -0.4 is 16.0 Å². The first kappa shape index (κ1) is 26.0. The summed E-state index contributed by atoms with van der Waals surface area (Å²) >= 11 is 6.36. The van der Waals surface area contributed by atoms with Gasteiger partial charge < -0.3 is 9.80 Å². The van der Waals surface area contributed by atoms with E-state index in [4.69, 9.17) is 17.0 Å². The van der Waals surface area contributed by atoms with Crippen LogP contribution in [0.3, 0.4) is 0 Å². The minimum atomic E-state index is 0.0839. The average molecular weight is 508 g/mol. The molecule has 8 atom stereocenters. The highest BCUT2D eigenvalue weighted by Gasteiger charge is 2.51. The van der Waals surface area contributed by atoms with Crippen molar-refractivity contribution in [2.45, 2.75) is 108 Å². The number of fused-ring (bicyclic) bond motifs is 1. The molecule has 0 aromatic rings. The highest BCUT2D eigenvalue weighted by Crippen LogP contribution is 2.40. The van der Waals surface area contributed by atoms with Crippen LogP contribution in [0.2, 0.25) is 0 Å². The first-order chi connectivity index (χ1) is 16.7. The van der Waals surface area contributed by atoms with Crippen molar-refractivity contribution in [1.29, 1.82) is 5.41 Å². The molecular weight excluding hydrogens is 458 g/mol. The van der Waals surface area contributed by atoms with Crippen LogP contribution in [0.15, 0.2) is 0 Å². The number of halogens is 1. The molecule has 200 valence electrons. The third-order valence-corrected chi connectivity index (χ3v) is 10.5. The van der Waals surface area contributed by atoms with Crippen molar-refractivity contribution in [3.63, 3.8) is 0 Å². The lowest BCUT2D eigenvalue weighted by Crippen LogP contribution is -2.70. The fraction of sp³-hybridized carbons (Fsp3) is 0.963. The highest BCUT2D eigenvalue weighted by atomic mass is 35.5. The zero-order valence-electron chi connectivity index (χ0n) is 22.6. The van der Waals surface area contributed by atoms with E-state index in [0.717, 1.165) is 24.9 Å². The van der Waals surface area contributed by atoms with Crippen molar-refractivity contribution in [3.8, 4) is 0 Å². The number of rotatable bonds is 5. The van der Waals surface area contributed by atoms with Crippen molar-refractivity contribution >= 4 is 17.6 Å². The van der Waals surface area contributed by atoms with E-state index in [9.17, 15) is 0 Å². The second-order valence-corrected chi connectivity index (χ2v) is 13.3. The normalized spacial score (nSPS) is 45.4. The number of nitrogens with zero attached hydrogens (tertiary/aromatic N) is 3. The maximum Gasteiger partial charge on any atom is 0.195 e. The molecule has 7 nitrogen and oxygen atoms in total. The Kier molecular flexibility index (Phi) is 7.91. The molecule has 0 amide bonds. The predicted molar refractivity (Wildman–Crippen MR) is 144 cm³/mol. The lowest BCUT2D eigenvalue weighted by atomic mass is 9.71. The topological polar surface area (TPSA) is 69.7 Å². The molecule has 5 aliphatic rings. The second-order valence-electron chi connectivity index (χ2n) is 12.8. The van der Waals surface area contributed by atoms with Crippen LogP contribution in [0.25, 0.3) is 0 Å². The Bertz CT molecular complexity index is 741. The minimum absolute atomic E-state index is 0.0839. The van der Waals surface area contributed by atoms with Crippen LogP contribution in [-0.2, 0) is 0 Å². The largest absolute Gasteiger partial charge is 0.338 e. The van der Waals surface area contributed by atoms with Crippen molar-refractivity contribution < 1.29 is 0 Å². The summed E-state index contributed by atoms with van der Waals surface area (Å²) in [6.45, 7) is 9.10. The van der Waals surface area contributed by atoms with Gasteiger partial charge in [-0.25, -0.2) is 0 Å². The number of hydrogen-bond donors (Lipinski definition) is 4. The van der Waals surface area contributed by atoms with Gasteiger partial charge in [0.2, 0.25) is 0 Å². The van der Waals surface area contributed by atoms with Gasteiger partial charge in [0.25, 0.3) is 0 Å². The molecule has 5 fully saturated rings. The van der Waals surface area contributed by atoms with Gasteiger partial charge in [-0.2, -0.15) is 0 Å². The fourth-order valence-corrected chi connectivity index (χ4v) is 8.70. The summed E-state index contributed by atoms with van der Waals surface area (Å²) in [5.74, 6) is 4.27. The number of hydrogen-bond acceptors (Lipinski definition) is 5. The average Bonchev–Trinajstić information content (AvgIpc) is 3.30. The molecule has 8 unspecified atom stereocenters. The first-order valence-electron chi connectivity index (χ1n) is 14.4. The molecule has 0 bridgehead atoms. The Morgan fingerprint density at radius 2 is 1.69 bits per heavy atom. The van der Waals surface area contributed by atoms with Gasteiger partial charge in [-0.15, -0.1) is 11.6 Å². The van der Waals surface area contributed by atoms with E-state index in [0.29, 0.717) is 48.1 Å². The number of nitrogens with one attached hydrogen (secondary N) is 4. The molecule has 5 rings (SSSR count). The summed E-state index contributed by atoms with van der Waals surface area (Å²) in [6, 6.07) is 0.688. The molecule has 4 N–H and O–H groups in total. The summed E-state index contributed by atoms with van der Waals surface area (Å²) in [5.41, 5.74) is 0.0839. The van der Waals surface area contributed by atoms with Crippen LogP contribution >= 0.6 is 11.6 Å². The molecule has 8 heteroatoms. The van der Waals surface area contributed by atoms with Crippen molar-refractivity contribution in [2.24, 2.45) is 29.6 Å². The molecule has 2 aliphatic carbocycles. The van der Waals surface area contributed by atoms with E-state index < -0.39 is 0 Å². The Balaban J connectivity index is 1.23. The molecule has 2 saturated carbocycles. The lowest BCUT2D eigenvalue weighted by Gasteiger charge is -2.48. The summed E-state index contributed by atoms with van der Waals surface area (Å²) in [4.78, 5) is 7.03. The quantitative estimate of drug-likeness (QED) is 0.337. The Morgan fingerprint density at radius 3 is 2.34 bits per heavy atom. The predicted octanol–water partition coefficient (Wildman–Crippen LogP) is 3.47. The molecular formula is C27H50ClN7. The Labute approximate surface area is 218 Å². The van der Waals surface area contributed by atoms with Gasteiger partial charge in [0.1, 0.15) is 6.17 Å². The van der Waals surface area contributed by atoms with Gasteiger partial charge in [-0.05, 0) is 82.1 Å². The molecule has 35 heavy (non-hydrogen) atoms. The van der Waals surface area contributed by atoms with Gasteiger partial charge >= 0.3 is 0 Å². The van der Waals surface area contributed by atoms with E-state index in [1.54, 1.807) is 0 Å². The van der Waals surface area contributed by atoms with Crippen LogP contribution in [0, 0.1) is 35.0 Å². The van der Waals surface area contributed by atoms with Crippen molar-refractivity contribution in [3.05, 3.63) is 0 Å². The van der Waals surface area contributed by atoms with Gasteiger partial charge in [-0.3, -0.25) is 26.3 Å². The third kappa shape index (κ3) is 5.09. The van der Waals surface area contributed by atoms with Gasteiger partial charge in [0, 0.05) is 26.2 Å². The summed E-state index contributed by atoms with van der Waals surface area (Å²) in [6.07, 6.45) is 11.5. The molecule has 0 spiro atoms. The zero-order valence-corrected chi connectivity index (χ0v) is 23.4. The van der Waals surface area contributed by atoms with Crippen molar-refractivity contribution in [2.75, 3.05) is 27.2 Å². The van der Waals surface area contributed by atoms with Crippen LogP contribution in [0.1, 0.15) is 72.1 Å². The highest BCUT2D eigenvalue weighted by molar-refractivity contribution is 6.20. The fourth-order valence-electron chi connectivity index (χ4n) is 8.35. The molecule has 3 aliphatic heterocycles. The minimum Gasteiger partial charge on any atom is -0.338 e. The maximum atomic E-state index is 9.01. The summed E-state index contributed by atoms with van der Waals surface area (Å²) in [7, 11) is 4.32. The Hall–Kier alpha value is -0.600. The number of likely N-dealkylation sites (N-methyl/N-ethyl adjacent to an activating group) is 2. The standard InChI is InChI=1S/C27H50ClN7/c1-16(2)20-8-6-7-9-21(20)24-30-17(3)23-26(32-24)35(27(29)34(23)5)14-18-10-12-19(13-11-18)25-31-22(28)15-33(25)4/h16-26,29-32H,6-15H2,1-5H3. The first-order valence-corrected chi connectivity index (χ1v) is 14.9. The van der Waals surface area contributed by atoms with E-state index in [1.807, 2.05) is 0 Å². The van der Waals surface area contributed by atoms with Gasteiger partial charge in [-0.1, -0.05) is 26.7 Å². The van der Waals surface area contributed by atoms with Crippen LogP contribution in [0.5, 0.6) is 0 Å². The van der Waals surface area contributed by atoms with Gasteiger partial charge in [0.15, 0.2) is 5.96 Å². The van der Waals surface area contributed by atoms with E-state index in [2.05, 4.69) is 65.5 Å². The second kappa shape index (κ2) is 10.6. The molecule has 0 aromatic heterocycles. The summed E-state index contributed by atoms with van der Waals surface area (Å²) < 4.78 is 0. The third-order valence-electron chi connectivity index (χ3n) is 10.2. The van der Waals surface area contributed by atoms with Crippen molar-refractivity contribution in [1.82, 2.24) is 30.7 Å². The molecule has 3 saturated heterocycles. The molecule has 0 radical (unpaired) electrons. The lowest BCUT2D eigenvalue weighted by molar-refractivity contribution is 0.0421. The monoisotopic (exact) mass is 507 g/mol. The smallest absolute Gasteiger partial charge is 0.195 e. The van der Waals surface area contributed by atoms with E-state index in [-0.39, 0.29) is 11.7 Å². The zero-order chi connectivity index (χ0) is 24.9. The van der Waals surface area contributed by atoms with Gasteiger partial charge in [0.05, 0.1) is 23.9 Å². The van der Waals surface area contributed by atoms with E-state index >= 15 is 0 Å².